The molecule has 2 unspecified atom stereocenters. The molecule has 2 atom stereocenters. The van der Waals surface area contributed by atoms with E-state index >= 15 is 0 Å². The molecule has 1 aliphatic heterocycles. The molecular weight excluding hydrogens is 370 g/mol. The molecule has 0 aromatic carbocycles. The summed E-state index contributed by atoms with van der Waals surface area (Å²) in [6.45, 7) is 6.38. The van der Waals surface area contributed by atoms with E-state index in [1.807, 2.05) is 31.1 Å². The minimum absolute atomic E-state index is 0.0373. The van der Waals surface area contributed by atoms with E-state index in [2.05, 4.69) is 36.4 Å². The summed E-state index contributed by atoms with van der Waals surface area (Å²) < 4.78 is 0. The van der Waals surface area contributed by atoms with Crippen molar-refractivity contribution in [2.24, 2.45) is 11.3 Å². The van der Waals surface area contributed by atoms with Crippen LogP contribution in [0.15, 0.2) is 18.3 Å². The van der Waals surface area contributed by atoms with Gasteiger partial charge in [-0.2, -0.15) is 0 Å². The number of pyridine rings is 1. The van der Waals surface area contributed by atoms with Crippen LogP contribution in [0.5, 0.6) is 0 Å². The second kappa shape index (κ2) is 7.65. The van der Waals surface area contributed by atoms with Crippen molar-refractivity contribution in [1.29, 1.82) is 0 Å². The zero-order valence-corrected chi connectivity index (χ0v) is 17.9. The van der Waals surface area contributed by atoms with Crippen molar-refractivity contribution < 1.29 is 14.4 Å². The van der Waals surface area contributed by atoms with E-state index < -0.39 is 11.6 Å². The average Bonchev–Trinajstić information content (AvgIpc) is 2.82. The van der Waals surface area contributed by atoms with Gasteiger partial charge in [0.1, 0.15) is 17.9 Å². The number of aromatic nitrogens is 1. The van der Waals surface area contributed by atoms with Gasteiger partial charge in [0.25, 0.3) is 5.91 Å². The first kappa shape index (κ1) is 21.1. The molecule has 2 heterocycles. The zero-order valence-electron chi connectivity index (χ0n) is 17.9. The van der Waals surface area contributed by atoms with Crippen LogP contribution in [-0.2, 0) is 16.1 Å². The van der Waals surface area contributed by atoms with Crippen LogP contribution >= 0.6 is 0 Å². The molecule has 8 nitrogen and oxygen atoms in total. The molecule has 1 aromatic heterocycles. The molecule has 1 aliphatic carbocycles. The Morgan fingerprint density at radius 3 is 2.72 bits per heavy atom. The summed E-state index contributed by atoms with van der Waals surface area (Å²) in [6.07, 6.45) is 3.91. The Balaban J connectivity index is 1.63. The average molecular weight is 402 g/mol. The van der Waals surface area contributed by atoms with E-state index in [1.54, 1.807) is 6.20 Å². The van der Waals surface area contributed by atoms with E-state index in [4.69, 9.17) is 0 Å². The third-order valence-electron chi connectivity index (χ3n) is 5.68. The first-order valence-electron chi connectivity index (χ1n) is 10.0. The smallest absolute Gasteiger partial charge is 0.325 e. The Labute approximate surface area is 172 Å². The molecule has 1 spiro atoms. The number of urea groups is 1. The van der Waals surface area contributed by atoms with Gasteiger partial charge in [-0.15, -0.1) is 0 Å². The molecule has 29 heavy (non-hydrogen) atoms. The Bertz CT molecular complexity index is 822. The van der Waals surface area contributed by atoms with Crippen LogP contribution in [0.4, 0.5) is 10.6 Å². The van der Waals surface area contributed by atoms with Gasteiger partial charge in [-0.25, -0.2) is 9.78 Å². The maximum atomic E-state index is 13.1. The van der Waals surface area contributed by atoms with Crippen molar-refractivity contribution in [3.8, 4) is 0 Å². The highest BCUT2D eigenvalue weighted by Gasteiger charge is 2.56. The van der Waals surface area contributed by atoms with Crippen molar-refractivity contribution in [3.05, 3.63) is 23.9 Å². The van der Waals surface area contributed by atoms with Gasteiger partial charge < -0.3 is 15.5 Å². The van der Waals surface area contributed by atoms with E-state index in [1.165, 1.54) is 0 Å². The van der Waals surface area contributed by atoms with Crippen molar-refractivity contribution in [2.45, 2.75) is 52.1 Å². The van der Waals surface area contributed by atoms with Crippen molar-refractivity contribution in [3.63, 3.8) is 0 Å². The third-order valence-corrected chi connectivity index (χ3v) is 5.68. The van der Waals surface area contributed by atoms with Crippen LogP contribution in [-0.4, -0.2) is 53.9 Å². The number of nitrogens with zero attached hydrogens (tertiary/aromatic N) is 3. The Kier molecular flexibility index (Phi) is 5.56. The molecular formula is C21H31N5O3. The number of carbonyl (C=O) groups is 3. The fourth-order valence-electron chi connectivity index (χ4n) is 4.86. The van der Waals surface area contributed by atoms with Crippen molar-refractivity contribution >= 4 is 23.7 Å². The molecule has 1 saturated heterocycles. The van der Waals surface area contributed by atoms with Gasteiger partial charge in [0, 0.05) is 26.8 Å². The first-order chi connectivity index (χ1) is 13.5. The number of anilines is 1. The summed E-state index contributed by atoms with van der Waals surface area (Å²) >= 11 is 0. The van der Waals surface area contributed by atoms with Crippen molar-refractivity contribution in [2.75, 3.05) is 25.5 Å². The van der Waals surface area contributed by atoms with Crippen LogP contribution in [0, 0.1) is 11.3 Å². The number of hydrogen-bond donors (Lipinski definition) is 2. The lowest BCUT2D eigenvalue weighted by atomic mass is 9.64. The van der Waals surface area contributed by atoms with Gasteiger partial charge >= 0.3 is 6.03 Å². The summed E-state index contributed by atoms with van der Waals surface area (Å²) in [5.41, 5.74) is -0.0252. The standard InChI is InChI=1S/C21H31N5O3/c1-14-9-20(2,3)13-21(10-14)18(28)26(19(29)24-21)12-17(27)23-11-15-6-7-22-16(8-15)25(4)5/h6-8,14H,9-13H2,1-5H3,(H,23,27)(H,24,29). The van der Waals surface area contributed by atoms with Crippen LogP contribution in [0.25, 0.3) is 0 Å². The lowest BCUT2D eigenvalue weighted by molar-refractivity contribution is -0.137. The lowest BCUT2D eigenvalue weighted by Crippen LogP contribution is -2.54. The second-order valence-corrected chi connectivity index (χ2v) is 9.45. The quantitative estimate of drug-likeness (QED) is 0.735. The highest BCUT2D eigenvalue weighted by Crippen LogP contribution is 2.46. The van der Waals surface area contributed by atoms with E-state index in [0.717, 1.165) is 22.7 Å². The van der Waals surface area contributed by atoms with Gasteiger partial charge in [0.05, 0.1) is 0 Å². The molecule has 0 radical (unpaired) electrons. The summed E-state index contributed by atoms with van der Waals surface area (Å²) in [5, 5.41) is 5.69. The minimum Gasteiger partial charge on any atom is -0.363 e. The van der Waals surface area contributed by atoms with Gasteiger partial charge in [-0.3, -0.25) is 14.5 Å². The van der Waals surface area contributed by atoms with Crippen LogP contribution in [0.2, 0.25) is 0 Å². The Hall–Kier alpha value is -2.64. The summed E-state index contributed by atoms with van der Waals surface area (Å²) in [7, 11) is 3.79. The number of amides is 4. The summed E-state index contributed by atoms with van der Waals surface area (Å²) in [6, 6.07) is 3.23. The molecule has 8 heteroatoms. The molecule has 0 bridgehead atoms. The maximum Gasteiger partial charge on any atom is 0.325 e. The lowest BCUT2D eigenvalue weighted by Gasteiger charge is -2.43. The van der Waals surface area contributed by atoms with Gasteiger partial charge in [-0.1, -0.05) is 20.8 Å². The number of rotatable bonds is 5. The largest absolute Gasteiger partial charge is 0.363 e. The fraction of sp³-hybridized carbons (Fsp3) is 0.619. The van der Waals surface area contributed by atoms with Crippen LogP contribution < -0.4 is 15.5 Å². The predicted octanol–water partition coefficient (Wildman–Crippen LogP) is 1.90. The Morgan fingerprint density at radius 2 is 2.07 bits per heavy atom. The summed E-state index contributed by atoms with van der Waals surface area (Å²) in [4.78, 5) is 45.2. The predicted molar refractivity (Wildman–Crippen MR) is 110 cm³/mol. The minimum atomic E-state index is -0.885. The van der Waals surface area contributed by atoms with Gasteiger partial charge in [0.2, 0.25) is 5.91 Å². The molecule has 3 rings (SSSR count). The number of nitrogens with one attached hydrogen (secondary N) is 2. The number of carbonyl (C=O) groups excluding carboxylic acids is 3. The number of hydrogen-bond acceptors (Lipinski definition) is 5. The molecule has 4 amide bonds. The summed E-state index contributed by atoms with van der Waals surface area (Å²) in [5.74, 6) is 0.476. The van der Waals surface area contributed by atoms with Crippen molar-refractivity contribution in [1.82, 2.24) is 20.5 Å². The maximum absolute atomic E-state index is 13.1. The molecule has 2 aliphatic rings. The normalized spacial score (nSPS) is 25.8. The van der Waals surface area contributed by atoms with Crippen LogP contribution in [0.3, 0.4) is 0 Å². The highest BCUT2D eigenvalue weighted by atomic mass is 16.2. The zero-order chi connectivity index (χ0) is 21.4. The molecule has 1 aromatic rings. The SMILES string of the molecule is CC1CC(C)(C)CC2(C1)NC(=O)N(CC(=O)NCc1ccnc(N(C)C)c1)C2=O. The van der Waals surface area contributed by atoms with E-state index in [9.17, 15) is 14.4 Å². The molecule has 1 saturated carbocycles. The third kappa shape index (κ3) is 4.52. The topological polar surface area (TPSA) is 94.6 Å². The van der Waals surface area contributed by atoms with Gasteiger partial charge in [0.15, 0.2) is 0 Å². The number of imide groups is 1. The van der Waals surface area contributed by atoms with E-state index in [0.29, 0.717) is 25.3 Å². The fourth-order valence-corrected chi connectivity index (χ4v) is 4.86. The monoisotopic (exact) mass is 401 g/mol. The van der Waals surface area contributed by atoms with Gasteiger partial charge in [-0.05, 0) is 48.3 Å². The van der Waals surface area contributed by atoms with E-state index in [-0.39, 0.29) is 23.8 Å². The molecule has 158 valence electrons. The van der Waals surface area contributed by atoms with Crippen LogP contribution in [0.1, 0.15) is 45.6 Å². The molecule has 2 N–H and O–H groups in total. The Morgan fingerprint density at radius 1 is 1.34 bits per heavy atom. The second-order valence-electron chi connectivity index (χ2n) is 9.45. The highest BCUT2D eigenvalue weighted by molar-refractivity contribution is 6.09. The first-order valence-corrected chi connectivity index (χ1v) is 10.0. The molecule has 2 fully saturated rings.